The molecular formula is C23H27NO5. The van der Waals surface area contributed by atoms with Crippen molar-refractivity contribution in [1.29, 1.82) is 0 Å². The molecule has 6 heteroatoms. The summed E-state index contributed by atoms with van der Waals surface area (Å²) in [6.45, 7) is 2.83. The number of rotatable bonds is 11. The van der Waals surface area contributed by atoms with Crippen LogP contribution in [0.15, 0.2) is 36.4 Å². The first-order valence-electron chi connectivity index (χ1n) is 9.41. The molecule has 0 aliphatic carbocycles. The average Bonchev–Trinajstić information content (AvgIpc) is 2.76. The van der Waals surface area contributed by atoms with Crippen molar-refractivity contribution in [3.63, 3.8) is 0 Å². The molecule has 1 amide bonds. The van der Waals surface area contributed by atoms with Gasteiger partial charge in [0.05, 0.1) is 0 Å². The number of carbonyl (C=O) groups excluding carboxylic acids is 1. The molecule has 0 unspecified atom stereocenters. The summed E-state index contributed by atoms with van der Waals surface area (Å²) >= 11 is 0. The molecule has 0 radical (unpaired) electrons. The third-order valence-electron chi connectivity index (χ3n) is 4.16. The number of carbonyl (C=O) groups is 1. The van der Waals surface area contributed by atoms with Gasteiger partial charge in [0, 0.05) is 43.0 Å². The zero-order valence-corrected chi connectivity index (χ0v) is 17.1. The Hall–Kier alpha value is -3.01. The van der Waals surface area contributed by atoms with Crippen molar-refractivity contribution < 1.29 is 23.7 Å². The Morgan fingerprint density at radius 3 is 2.21 bits per heavy atom. The number of methoxy groups -OCH3 is 2. The second kappa shape index (κ2) is 11.7. The maximum absolute atomic E-state index is 12.4. The minimum atomic E-state index is -0.147. The quantitative estimate of drug-likeness (QED) is 0.355. The lowest BCUT2D eigenvalue weighted by atomic mass is 9.99. The summed E-state index contributed by atoms with van der Waals surface area (Å²) in [5, 5.41) is 2.91. The number of hydrogen-bond acceptors (Lipinski definition) is 5. The highest BCUT2D eigenvalue weighted by molar-refractivity contribution is 5.95. The third kappa shape index (κ3) is 6.24. The Kier molecular flexibility index (Phi) is 9.03. The monoisotopic (exact) mass is 397 g/mol. The molecule has 2 aromatic rings. The van der Waals surface area contributed by atoms with E-state index in [1.54, 1.807) is 25.3 Å². The van der Waals surface area contributed by atoms with Crippen LogP contribution in [0.4, 0.5) is 0 Å². The number of nitrogens with one attached hydrogen (secondary N) is 1. The first-order valence-corrected chi connectivity index (χ1v) is 9.41. The lowest BCUT2D eigenvalue weighted by Crippen LogP contribution is -2.24. The van der Waals surface area contributed by atoms with E-state index in [4.69, 9.17) is 25.4 Å². The number of terminal acetylenes is 1. The van der Waals surface area contributed by atoms with E-state index < -0.39 is 0 Å². The zero-order valence-electron chi connectivity index (χ0n) is 17.1. The van der Waals surface area contributed by atoms with E-state index in [-0.39, 0.29) is 19.5 Å². The van der Waals surface area contributed by atoms with E-state index in [0.717, 1.165) is 24.0 Å². The normalized spacial score (nSPS) is 10.3. The first kappa shape index (κ1) is 22.3. The molecule has 0 spiro atoms. The molecule has 6 nitrogen and oxygen atoms in total. The molecule has 0 aromatic heterocycles. The van der Waals surface area contributed by atoms with Crippen molar-refractivity contribution in [3.8, 4) is 35.0 Å². The Balaban J connectivity index is 2.43. The summed E-state index contributed by atoms with van der Waals surface area (Å²) in [4.78, 5) is 12.4. The number of unbranched alkanes of at least 4 members (excludes halogenated alkanes) is 1. The summed E-state index contributed by atoms with van der Waals surface area (Å²) in [5.41, 5.74) is 2.72. The molecule has 0 saturated carbocycles. The Bertz CT molecular complexity index is 857. The van der Waals surface area contributed by atoms with Crippen LogP contribution in [-0.4, -0.2) is 40.3 Å². The molecule has 0 saturated heterocycles. The molecule has 2 rings (SSSR count). The number of ether oxygens (including phenoxy) is 4. The maximum atomic E-state index is 12.4. The Labute approximate surface area is 172 Å². The topological polar surface area (TPSA) is 66.0 Å². The van der Waals surface area contributed by atoms with Crippen LogP contribution in [0.5, 0.6) is 11.5 Å². The molecular weight excluding hydrogens is 370 g/mol. The van der Waals surface area contributed by atoms with Gasteiger partial charge in [-0.05, 0) is 42.8 Å². The molecule has 0 atom stereocenters. The summed E-state index contributed by atoms with van der Waals surface area (Å²) in [5.74, 6) is 3.51. The van der Waals surface area contributed by atoms with Gasteiger partial charge in [-0.3, -0.25) is 4.79 Å². The van der Waals surface area contributed by atoms with Gasteiger partial charge in [0.2, 0.25) is 0 Å². The van der Waals surface area contributed by atoms with Gasteiger partial charge in [0.25, 0.3) is 5.91 Å². The van der Waals surface area contributed by atoms with Gasteiger partial charge in [-0.2, -0.15) is 0 Å². The molecule has 0 heterocycles. The molecule has 2 aromatic carbocycles. The van der Waals surface area contributed by atoms with Gasteiger partial charge in [-0.15, -0.1) is 6.42 Å². The molecule has 0 aliphatic heterocycles. The van der Waals surface area contributed by atoms with Crippen molar-refractivity contribution in [1.82, 2.24) is 5.32 Å². The fraction of sp³-hybridized carbons (Fsp3) is 0.348. The van der Waals surface area contributed by atoms with Crippen molar-refractivity contribution in [2.45, 2.75) is 19.8 Å². The molecule has 154 valence electrons. The van der Waals surface area contributed by atoms with Crippen LogP contribution in [0, 0.1) is 12.3 Å². The largest absolute Gasteiger partial charge is 0.467 e. The fourth-order valence-corrected chi connectivity index (χ4v) is 2.69. The molecule has 0 fully saturated rings. The van der Waals surface area contributed by atoms with Crippen LogP contribution in [0.25, 0.3) is 11.1 Å². The van der Waals surface area contributed by atoms with E-state index in [1.807, 2.05) is 18.2 Å². The third-order valence-corrected chi connectivity index (χ3v) is 4.16. The number of hydrogen-bond donors (Lipinski definition) is 1. The maximum Gasteiger partial charge on any atom is 0.251 e. The predicted octanol–water partition coefficient (Wildman–Crippen LogP) is 3.83. The van der Waals surface area contributed by atoms with Crippen LogP contribution >= 0.6 is 0 Å². The minimum Gasteiger partial charge on any atom is -0.467 e. The summed E-state index contributed by atoms with van der Waals surface area (Å²) in [7, 11) is 3.08. The van der Waals surface area contributed by atoms with Gasteiger partial charge >= 0.3 is 0 Å². The van der Waals surface area contributed by atoms with Crippen LogP contribution in [-0.2, 0) is 9.47 Å². The van der Waals surface area contributed by atoms with Gasteiger partial charge in [-0.1, -0.05) is 19.3 Å². The predicted molar refractivity (Wildman–Crippen MR) is 112 cm³/mol. The smallest absolute Gasteiger partial charge is 0.251 e. The minimum absolute atomic E-state index is 0.0462. The lowest BCUT2D eigenvalue weighted by Gasteiger charge is -2.16. The highest BCUT2D eigenvalue weighted by Gasteiger charge is 2.16. The van der Waals surface area contributed by atoms with Crippen LogP contribution in [0.2, 0.25) is 0 Å². The van der Waals surface area contributed by atoms with E-state index in [9.17, 15) is 4.79 Å². The summed E-state index contributed by atoms with van der Waals surface area (Å²) in [6, 6.07) is 10.7. The SMILES string of the molecule is C#Cc1ccc(-c2ccc(C(=O)NCCCC)cc2OCOC)c(OCOC)c1. The standard InChI is InChI=1S/C23H27NO5/c1-5-7-12-24-23(25)18-9-11-20(22(14-18)29-16-27-4)19-10-8-17(6-2)13-21(19)28-15-26-3/h2,8-11,13-14H,5,7,12,15-16H2,1,3-4H3,(H,24,25). The van der Waals surface area contributed by atoms with Crippen LogP contribution in [0.3, 0.4) is 0 Å². The van der Waals surface area contributed by atoms with Crippen molar-refractivity contribution in [3.05, 3.63) is 47.5 Å². The van der Waals surface area contributed by atoms with Crippen LogP contribution in [0.1, 0.15) is 35.7 Å². The van der Waals surface area contributed by atoms with Crippen molar-refractivity contribution in [2.24, 2.45) is 0 Å². The van der Waals surface area contributed by atoms with Gasteiger partial charge in [0.1, 0.15) is 11.5 Å². The second-order valence-corrected chi connectivity index (χ2v) is 6.28. The average molecular weight is 397 g/mol. The fourth-order valence-electron chi connectivity index (χ4n) is 2.69. The highest BCUT2D eigenvalue weighted by atomic mass is 16.7. The lowest BCUT2D eigenvalue weighted by molar-refractivity contribution is 0.0500. The first-order chi connectivity index (χ1) is 14.1. The molecule has 0 bridgehead atoms. The van der Waals surface area contributed by atoms with Crippen molar-refractivity contribution in [2.75, 3.05) is 34.4 Å². The van der Waals surface area contributed by atoms with E-state index >= 15 is 0 Å². The van der Waals surface area contributed by atoms with Crippen LogP contribution < -0.4 is 14.8 Å². The Morgan fingerprint density at radius 2 is 1.62 bits per heavy atom. The molecule has 0 aliphatic rings. The van der Waals surface area contributed by atoms with Crippen molar-refractivity contribution >= 4 is 5.91 Å². The van der Waals surface area contributed by atoms with E-state index in [1.165, 1.54) is 7.11 Å². The van der Waals surface area contributed by atoms with Gasteiger partial charge in [-0.25, -0.2) is 0 Å². The van der Waals surface area contributed by atoms with E-state index in [0.29, 0.717) is 29.2 Å². The second-order valence-electron chi connectivity index (χ2n) is 6.28. The zero-order chi connectivity index (χ0) is 21.1. The molecule has 29 heavy (non-hydrogen) atoms. The number of benzene rings is 2. The van der Waals surface area contributed by atoms with Gasteiger partial charge < -0.3 is 24.3 Å². The summed E-state index contributed by atoms with van der Waals surface area (Å²) in [6.07, 6.45) is 7.45. The Morgan fingerprint density at radius 1 is 1.00 bits per heavy atom. The van der Waals surface area contributed by atoms with E-state index in [2.05, 4.69) is 18.2 Å². The number of amides is 1. The summed E-state index contributed by atoms with van der Waals surface area (Å²) < 4.78 is 21.5. The highest BCUT2D eigenvalue weighted by Crippen LogP contribution is 2.37. The van der Waals surface area contributed by atoms with Gasteiger partial charge in [0.15, 0.2) is 13.6 Å². The molecule has 1 N–H and O–H groups in total.